The molecule has 1 amide bonds. The first-order valence-electron chi connectivity index (χ1n) is 9.75. The lowest BCUT2D eigenvalue weighted by Crippen LogP contribution is -2.47. The van der Waals surface area contributed by atoms with Crippen LogP contribution >= 0.6 is 11.3 Å². The van der Waals surface area contributed by atoms with Gasteiger partial charge >= 0.3 is 0 Å². The summed E-state index contributed by atoms with van der Waals surface area (Å²) in [4.78, 5) is 24.7. The van der Waals surface area contributed by atoms with E-state index in [0.29, 0.717) is 19.8 Å². The monoisotopic (exact) mass is 387 g/mol. The molecular formula is C21H29N3O2S. The fraction of sp³-hybridized carbons (Fsp3) is 0.524. The molecule has 1 saturated heterocycles. The Bertz CT molecular complexity index is 713. The normalized spacial score (nSPS) is 16.2. The fourth-order valence-electron chi connectivity index (χ4n) is 3.43. The minimum atomic E-state index is -0.291. The molecule has 0 N–H and O–H groups in total. The number of morpholine rings is 1. The highest BCUT2D eigenvalue weighted by Gasteiger charge is 2.32. The molecule has 0 spiro atoms. The van der Waals surface area contributed by atoms with Crippen molar-refractivity contribution in [1.29, 1.82) is 0 Å². The van der Waals surface area contributed by atoms with Gasteiger partial charge in [-0.15, -0.1) is 11.3 Å². The Hall–Kier alpha value is -1.76. The van der Waals surface area contributed by atoms with E-state index >= 15 is 0 Å². The predicted molar refractivity (Wildman–Crippen MR) is 109 cm³/mol. The largest absolute Gasteiger partial charge is 0.379 e. The number of ether oxygens (including phenoxy) is 1. The predicted octanol–water partition coefficient (Wildman–Crippen LogP) is 3.65. The molecule has 5 nitrogen and oxygen atoms in total. The quantitative estimate of drug-likeness (QED) is 0.694. The molecule has 2 aromatic heterocycles. The van der Waals surface area contributed by atoms with Gasteiger partial charge in [0.2, 0.25) is 5.91 Å². The van der Waals surface area contributed by atoms with Gasteiger partial charge in [0, 0.05) is 41.8 Å². The molecule has 146 valence electrons. The number of thiophene rings is 1. The number of carbonyl (C=O) groups is 1. The van der Waals surface area contributed by atoms with Crippen LogP contribution in [0.15, 0.2) is 36.7 Å². The summed E-state index contributed by atoms with van der Waals surface area (Å²) in [6.07, 6.45) is 5.67. The Labute approximate surface area is 166 Å². The first-order valence-corrected chi connectivity index (χ1v) is 10.6. The van der Waals surface area contributed by atoms with Crippen molar-refractivity contribution >= 4 is 17.2 Å². The summed E-state index contributed by atoms with van der Waals surface area (Å²) in [6, 6.07) is 7.90. The lowest BCUT2D eigenvalue weighted by Gasteiger charge is -2.36. The second kappa shape index (κ2) is 9.97. The smallest absolute Gasteiger partial charge is 0.244 e. The molecule has 1 atom stereocenters. The van der Waals surface area contributed by atoms with E-state index in [1.54, 1.807) is 17.5 Å². The van der Waals surface area contributed by atoms with Gasteiger partial charge in [-0.3, -0.25) is 14.7 Å². The number of pyridine rings is 1. The maximum Gasteiger partial charge on any atom is 0.244 e. The van der Waals surface area contributed by atoms with E-state index in [2.05, 4.69) is 35.9 Å². The molecule has 0 saturated carbocycles. The molecule has 27 heavy (non-hydrogen) atoms. The van der Waals surface area contributed by atoms with Gasteiger partial charge in [-0.2, -0.15) is 0 Å². The van der Waals surface area contributed by atoms with Gasteiger partial charge in [0.15, 0.2) is 0 Å². The second-order valence-corrected chi connectivity index (χ2v) is 8.34. The number of amides is 1. The van der Waals surface area contributed by atoms with Crippen molar-refractivity contribution in [1.82, 2.24) is 14.8 Å². The summed E-state index contributed by atoms with van der Waals surface area (Å²) in [7, 11) is 0. The van der Waals surface area contributed by atoms with Gasteiger partial charge in [-0.05, 0) is 37.1 Å². The van der Waals surface area contributed by atoms with E-state index in [1.807, 2.05) is 23.2 Å². The maximum absolute atomic E-state index is 13.7. The third kappa shape index (κ3) is 5.37. The van der Waals surface area contributed by atoms with Crippen LogP contribution in [0.2, 0.25) is 0 Å². The molecule has 6 heteroatoms. The summed E-state index contributed by atoms with van der Waals surface area (Å²) in [5.41, 5.74) is 0.966. The number of unbranched alkanes of at least 4 members (excludes halogenated alkanes) is 1. The number of aromatic nitrogens is 1. The molecule has 0 bridgehead atoms. The molecule has 1 aliphatic rings. The topological polar surface area (TPSA) is 45.7 Å². The van der Waals surface area contributed by atoms with Crippen molar-refractivity contribution in [3.8, 4) is 0 Å². The zero-order valence-corrected chi connectivity index (χ0v) is 17.1. The Morgan fingerprint density at radius 1 is 1.33 bits per heavy atom. The average Bonchev–Trinajstić information content (AvgIpc) is 3.11. The summed E-state index contributed by atoms with van der Waals surface area (Å²) >= 11 is 1.77. The van der Waals surface area contributed by atoms with Crippen LogP contribution in [-0.4, -0.2) is 53.5 Å². The van der Waals surface area contributed by atoms with Crippen molar-refractivity contribution in [2.45, 2.75) is 39.3 Å². The molecule has 1 aliphatic heterocycles. The van der Waals surface area contributed by atoms with Crippen LogP contribution in [0.25, 0.3) is 0 Å². The summed E-state index contributed by atoms with van der Waals surface area (Å²) < 4.78 is 5.51. The highest BCUT2D eigenvalue weighted by Crippen LogP contribution is 2.26. The number of hydrogen-bond donors (Lipinski definition) is 0. The van der Waals surface area contributed by atoms with Crippen LogP contribution in [0, 0.1) is 6.92 Å². The number of nitrogens with zero attached hydrogens (tertiary/aromatic N) is 3. The Kier molecular flexibility index (Phi) is 7.38. The average molecular weight is 388 g/mol. The third-order valence-electron chi connectivity index (χ3n) is 4.88. The van der Waals surface area contributed by atoms with E-state index in [4.69, 9.17) is 4.74 Å². The molecule has 2 aromatic rings. The summed E-state index contributed by atoms with van der Waals surface area (Å²) in [5, 5.41) is 0. The van der Waals surface area contributed by atoms with Gasteiger partial charge in [0.25, 0.3) is 0 Å². The van der Waals surface area contributed by atoms with E-state index < -0.39 is 0 Å². The Balaban J connectivity index is 1.85. The van der Waals surface area contributed by atoms with Crippen LogP contribution < -0.4 is 0 Å². The molecule has 3 heterocycles. The molecular weight excluding hydrogens is 358 g/mol. The minimum absolute atomic E-state index is 0.171. The van der Waals surface area contributed by atoms with Crippen molar-refractivity contribution in [3.05, 3.63) is 52.0 Å². The van der Waals surface area contributed by atoms with Crippen LogP contribution in [0.5, 0.6) is 0 Å². The number of rotatable bonds is 8. The van der Waals surface area contributed by atoms with E-state index in [-0.39, 0.29) is 11.9 Å². The van der Waals surface area contributed by atoms with Crippen LogP contribution in [0.4, 0.5) is 0 Å². The first-order chi connectivity index (χ1) is 13.2. The highest BCUT2D eigenvalue weighted by atomic mass is 32.1. The van der Waals surface area contributed by atoms with Gasteiger partial charge in [-0.1, -0.05) is 19.4 Å². The Morgan fingerprint density at radius 3 is 2.78 bits per heavy atom. The summed E-state index contributed by atoms with van der Waals surface area (Å²) in [6.45, 7) is 8.62. The zero-order valence-electron chi connectivity index (χ0n) is 16.3. The van der Waals surface area contributed by atoms with E-state index in [9.17, 15) is 4.79 Å². The van der Waals surface area contributed by atoms with Gasteiger partial charge in [0.1, 0.15) is 6.04 Å². The SMILES string of the molecule is CCCCN(Cc1ccc(C)s1)C(=O)C(c1cccnc1)N1CCOCC1. The molecule has 0 aromatic carbocycles. The lowest BCUT2D eigenvalue weighted by molar-refractivity contribution is -0.139. The third-order valence-corrected chi connectivity index (χ3v) is 5.87. The maximum atomic E-state index is 13.7. The molecule has 3 rings (SSSR count). The van der Waals surface area contributed by atoms with E-state index in [1.165, 1.54) is 9.75 Å². The van der Waals surface area contributed by atoms with Gasteiger partial charge < -0.3 is 9.64 Å². The second-order valence-electron chi connectivity index (χ2n) is 6.96. The van der Waals surface area contributed by atoms with Crippen LogP contribution in [-0.2, 0) is 16.1 Å². The van der Waals surface area contributed by atoms with Crippen molar-refractivity contribution in [2.24, 2.45) is 0 Å². The number of carbonyl (C=O) groups excluding carboxylic acids is 1. The van der Waals surface area contributed by atoms with E-state index in [0.717, 1.165) is 38.0 Å². The standard InChI is InChI=1S/C21H29N3O2S/c1-3-4-10-24(16-19-8-7-17(2)27-19)21(25)20(18-6-5-9-22-15-18)23-11-13-26-14-12-23/h5-9,15,20H,3-4,10-14,16H2,1-2H3. The van der Waals surface area contributed by atoms with Crippen molar-refractivity contribution < 1.29 is 9.53 Å². The van der Waals surface area contributed by atoms with Crippen LogP contribution in [0.1, 0.15) is 41.1 Å². The lowest BCUT2D eigenvalue weighted by atomic mass is 10.0. The van der Waals surface area contributed by atoms with Crippen molar-refractivity contribution in [3.63, 3.8) is 0 Å². The van der Waals surface area contributed by atoms with Gasteiger partial charge in [0.05, 0.1) is 19.8 Å². The molecule has 1 fully saturated rings. The Morgan fingerprint density at radius 2 is 2.15 bits per heavy atom. The summed E-state index contributed by atoms with van der Waals surface area (Å²) in [5.74, 6) is 0.171. The van der Waals surface area contributed by atoms with Crippen LogP contribution in [0.3, 0.4) is 0 Å². The minimum Gasteiger partial charge on any atom is -0.379 e. The van der Waals surface area contributed by atoms with Crippen molar-refractivity contribution in [2.75, 3.05) is 32.8 Å². The number of hydrogen-bond acceptors (Lipinski definition) is 5. The molecule has 0 aliphatic carbocycles. The molecule has 0 radical (unpaired) electrons. The number of aryl methyl sites for hydroxylation is 1. The first kappa shape index (κ1) is 20.0. The fourth-order valence-corrected chi connectivity index (χ4v) is 4.34. The van der Waals surface area contributed by atoms with Gasteiger partial charge in [-0.25, -0.2) is 0 Å². The molecule has 1 unspecified atom stereocenters. The zero-order chi connectivity index (χ0) is 19.1. The highest BCUT2D eigenvalue weighted by molar-refractivity contribution is 7.11.